The van der Waals surface area contributed by atoms with Crippen molar-refractivity contribution >= 4 is 16.6 Å². The molecule has 2 aliphatic rings. The van der Waals surface area contributed by atoms with Crippen LogP contribution >= 0.6 is 0 Å². The number of anilines is 1. The Morgan fingerprint density at radius 2 is 2.08 bits per heavy atom. The van der Waals surface area contributed by atoms with Crippen LogP contribution in [0.4, 0.5) is 10.1 Å². The molecule has 1 aliphatic carbocycles. The zero-order valence-corrected chi connectivity index (χ0v) is 14.4. The van der Waals surface area contributed by atoms with Gasteiger partial charge in [-0.1, -0.05) is 0 Å². The Morgan fingerprint density at radius 3 is 2.65 bits per heavy atom. The maximum absolute atomic E-state index is 15.0. The third-order valence-corrected chi connectivity index (χ3v) is 5.26. The van der Waals surface area contributed by atoms with Gasteiger partial charge < -0.3 is 20.6 Å². The van der Waals surface area contributed by atoms with Crippen LogP contribution in [0.3, 0.4) is 0 Å². The molecule has 1 saturated heterocycles. The second-order valence-corrected chi connectivity index (χ2v) is 6.98. The van der Waals surface area contributed by atoms with Gasteiger partial charge in [0.25, 0.3) is 5.56 Å². The molecule has 2 aromatic rings. The maximum Gasteiger partial charge on any atom is 0.350 e. The molecule has 0 amide bonds. The third kappa shape index (κ3) is 2.38. The van der Waals surface area contributed by atoms with Crippen LogP contribution in [0.25, 0.3) is 10.9 Å². The average Bonchev–Trinajstić information content (AvgIpc) is 3.36. The van der Waals surface area contributed by atoms with E-state index >= 15 is 0 Å². The third-order valence-electron chi connectivity index (χ3n) is 5.26. The van der Waals surface area contributed by atoms with E-state index in [1.807, 2.05) is 0 Å². The monoisotopic (exact) mass is 364 g/mol. The molecule has 2 heterocycles. The van der Waals surface area contributed by atoms with Gasteiger partial charge in [-0.3, -0.25) is 9.36 Å². The van der Waals surface area contributed by atoms with Gasteiger partial charge in [0.05, 0.1) is 12.5 Å². The van der Waals surface area contributed by atoms with Gasteiger partial charge in [-0.25, -0.2) is 9.18 Å². The van der Waals surface area contributed by atoms with Crippen molar-refractivity contribution in [3.05, 3.63) is 32.7 Å². The number of aromatic nitrogens is 2. The minimum Gasteiger partial charge on any atom is -0.492 e. The molecule has 140 valence electrons. The Bertz CT molecular complexity index is 995. The average molecular weight is 364 g/mol. The molecule has 0 bridgehead atoms. The Labute approximate surface area is 148 Å². The number of hydrogen-bond donors (Lipinski definition) is 2. The summed E-state index contributed by atoms with van der Waals surface area (Å²) >= 11 is 0. The van der Waals surface area contributed by atoms with Gasteiger partial charge in [-0.15, -0.1) is 0 Å². The molecule has 1 saturated carbocycles. The Balaban J connectivity index is 2.05. The molecule has 26 heavy (non-hydrogen) atoms. The van der Waals surface area contributed by atoms with Crippen LogP contribution in [-0.4, -0.2) is 41.2 Å². The summed E-state index contributed by atoms with van der Waals surface area (Å²) in [5.74, 6) is 5.24. The number of aliphatic hydroxyl groups excluding tert-OH is 1. The number of fused-ring (bicyclic) bond motifs is 1. The summed E-state index contributed by atoms with van der Waals surface area (Å²) in [6, 6.07) is 1.06. The van der Waals surface area contributed by atoms with Crippen molar-refractivity contribution in [1.82, 2.24) is 9.24 Å². The van der Waals surface area contributed by atoms with E-state index in [0.717, 1.165) is 25.3 Å². The van der Waals surface area contributed by atoms with Crippen LogP contribution < -0.4 is 26.7 Å². The Morgan fingerprint density at radius 1 is 1.35 bits per heavy atom. The standard InChI is InChI=1S/C17H21FN4O4/c1-26-15-13-11(16(24)22(19)17(25)21(13)10-2-3-10)6-12(18)14(15)20-5-4-9(7-20)8-23/h6,9-10,23H,2-5,7-8,19H2,1H3. The summed E-state index contributed by atoms with van der Waals surface area (Å²) in [5.41, 5.74) is -0.870. The van der Waals surface area contributed by atoms with Crippen molar-refractivity contribution in [2.75, 3.05) is 37.5 Å². The minimum absolute atomic E-state index is 0.0232. The van der Waals surface area contributed by atoms with Crippen molar-refractivity contribution in [3.63, 3.8) is 0 Å². The number of methoxy groups -OCH3 is 1. The molecule has 8 nitrogen and oxygen atoms in total. The molecule has 9 heteroatoms. The van der Waals surface area contributed by atoms with E-state index in [0.29, 0.717) is 17.8 Å². The molecule has 3 N–H and O–H groups in total. The molecule has 1 atom stereocenters. The number of nitrogens with two attached hydrogens (primary N) is 1. The molecular formula is C17H21FN4O4. The van der Waals surface area contributed by atoms with Crippen LogP contribution in [-0.2, 0) is 0 Å². The van der Waals surface area contributed by atoms with E-state index in [1.165, 1.54) is 11.7 Å². The van der Waals surface area contributed by atoms with E-state index in [4.69, 9.17) is 10.6 Å². The van der Waals surface area contributed by atoms with Crippen LogP contribution in [0.1, 0.15) is 25.3 Å². The molecule has 0 spiro atoms. The molecule has 2 fully saturated rings. The number of nitrogens with zero attached hydrogens (tertiary/aromatic N) is 3. The molecular weight excluding hydrogens is 343 g/mol. The lowest BCUT2D eigenvalue weighted by Crippen LogP contribution is -2.44. The van der Waals surface area contributed by atoms with E-state index in [-0.39, 0.29) is 40.9 Å². The molecule has 4 rings (SSSR count). The molecule has 1 unspecified atom stereocenters. The lowest BCUT2D eigenvalue weighted by atomic mass is 10.1. The first-order valence-electron chi connectivity index (χ1n) is 8.66. The van der Waals surface area contributed by atoms with E-state index in [1.54, 1.807) is 4.90 Å². The predicted molar refractivity (Wildman–Crippen MR) is 94.8 cm³/mol. The summed E-state index contributed by atoms with van der Waals surface area (Å²) in [5, 5.41) is 9.39. The first-order valence-corrected chi connectivity index (χ1v) is 8.66. The summed E-state index contributed by atoms with van der Waals surface area (Å²) in [7, 11) is 1.40. The van der Waals surface area contributed by atoms with Crippen LogP contribution in [0.15, 0.2) is 15.7 Å². The number of nitrogen functional groups attached to an aromatic ring is 1. The van der Waals surface area contributed by atoms with Gasteiger partial charge in [0.15, 0.2) is 11.6 Å². The molecule has 1 aromatic carbocycles. The lowest BCUT2D eigenvalue weighted by molar-refractivity contribution is 0.238. The Kier molecular flexibility index (Phi) is 3.91. The largest absolute Gasteiger partial charge is 0.492 e. The fourth-order valence-corrected chi connectivity index (χ4v) is 3.78. The van der Waals surface area contributed by atoms with Crippen molar-refractivity contribution in [2.45, 2.75) is 25.3 Å². The SMILES string of the molecule is COc1c(N2CCC(CO)C2)c(F)cc2c(=O)n(N)c(=O)n(C3CC3)c12. The number of halogens is 1. The van der Waals surface area contributed by atoms with Gasteiger partial charge in [0, 0.05) is 31.7 Å². The minimum atomic E-state index is -0.750. The van der Waals surface area contributed by atoms with Gasteiger partial charge in [0.2, 0.25) is 0 Å². The molecule has 1 aliphatic heterocycles. The van der Waals surface area contributed by atoms with Gasteiger partial charge in [-0.2, -0.15) is 4.68 Å². The Hall–Kier alpha value is -2.55. The second kappa shape index (κ2) is 6.01. The van der Waals surface area contributed by atoms with Crippen LogP contribution in [0.5, 0.6) is 5.75 Å². The highest BCUT2D eigenvalue weighted by Gasteiger charge is 2.33. The number of benzene rings is 1. The summed E-state index contributed by atoms with van der Waals surface area (Å²) in [6.45, 7) is 1.07. The smallest absolute Gasteiger partial charge is 0.350 e. The second-order valence-electron chi connectivity index (χ2n) is 6.98. The van der Waals surface area contributed by atoms with Crippen LogP contribution in [0.2, 0.25) is 0 Å². The number of ether oxygens (including phenoxy) is 1. The molecule has 1 aromatic heterocycles. The fourth-order valence-electron chi connectivity index (χ4n) is 3.78. The number of aliphatic hydroxyl groups is 1. The first kappa shape index (κ1) is 16.9. The predicted octanol–water partition coefficient (Wildman–Crippen LogP) is 0.178. The number of rotatable bonds is 4. The zero-order valence-electron chi connectivity index (χ0n) is 14.4. The van der Waals surface area contributed by atoms with Gasteiger partial charge in [0.1, 0.15) is 11.2 Å². The maximum atomic E-state index is 15.0. The highest BCUT2D eigenvalue weighted by molar-refractivity contribution is 5.91. The van der Waals surface area contributed by atoms with Crippen LogP contribution in [0, 0.1) is 11.7 Å². The quantitative estimate of drug-likeness (QED) is 0.750. The highest BCUT2D eigenvalue weighted by atomic mass is 19.1. The molecule has 0 radical (unpaired) electrons. The van der Waals surface area contributed by atoms with E-state index in [2.05, 4.69) is 0 Å². The van der Waals surface area contributed by atoms with E-state index in [9.17, 15) is 19.1 Å². The van der Waals surface area contributed by atoms with Gasteiger partial charge >= 0.3 is 5.69 Å². The topological polar surface area (TPSA) is 103 Å². The fraction of sp³-hybridized carbons (Fsp3) is 0.529. The zero-order chi connectivity index (χ0) is 18.6. The summed E-state index contributed by atoms with van der Waals surface area (Å²) in [6.07, 6.45) is 2.32. The van der Waals surface area contributed by atoms with Crippen molar-refractivity contribution < 1.29 is 14.2 Å². The highest BCUT2D eigenvalue weighted by Crippen LogP contribution is 2.43. The van der Waals surface area contributed by atoms with Crippen molar-refractivity contribution in [1.29, 1.82) is 0 Å². The van der Waals surface area contributed by atoms with Crippen molar-refractivity contribution in [2.24, 2.45) is 5.92 Å². The summed E-state index contributed by atoms with van der Waals surface area (Å²) < 4.78 is 22.4. The normalized spacial score (nSPS) is 20.1. The lowest BCUT2D eigenvalue weighted by Gasteiger charge is -2.24. The van der Waals surface area contributed by atoms with Gasteiger partial charge in [-0.05, 0) is 25.3 Å². The summed E-state index contributed by atoms with van der Waals surface area (Å²) in [4.78, 5) is 26.8. The van der Waals surface area contributed by atoms with E-state index < -0.39 is 17.1 Å². The first-order chi connectivity index (χ1) is 12.5. The number of hydrogen-bond acceptors (Lipinski definition) is 6. The van der Waals surface area contributed by atoms with Crippen molar-refractivity contribution in [3.8, 4) is 5.75 Å².